The number of piperidine rings is 1. The van der Waals surface area contributed by atoms with Gasteiger partial charge < -0.3 is 20.5 Å². The lowest BCUT2D eigenvalue weighted by Gasteiger charge is -2.31. The van der Waals surface area contributed by atoms with Crippen molar-refractivity contribution in [3.8, 4) is 0 Å². The Morgan fingerprint density at radius 2 is 2.05 bits per heavy atom. The van der Waals surface area contributed by atoms with Crippen LogP contribution in [0, 0.1) is 0 Å². The van der Waals surface area contributed by atoms with E-state index < -0.39 is 0 Å². The molecule has 1 aliphatic carbocycles. The largest absolute Gasteiger partial charge is 0.462 e. The van der Waals surface area contributed by atoms with Crippen LogP contribution in [0.4, 0.5) is 10.7 Å². The average Bonchev–Trinajstić information content (AvgIpc) is 3.23. The molecule has 0 amide bonds. The number of esters is 1. The first-order chi connectivity index (χ1) is 10.1. The molecule has 1 aromatic rings. The second-order valence-electron chi connectivity index (χ2n) is 5.78. The molecule has 21 heavy (non-hydrogen) atoms. The Balaban J connectivity index is 1.91. The third-order valence-corrected chi connectivity index (χ3v) is 5.42. The summed E-state index contributed by atoms with van der Waals surface area (Å²) in [5, 5.41) is 10.8. The van der Waals surface area contributed by atoms with Gasteiger partial charge in [-0.05, 0) is 38.5 Å². The number of nitrogens with zero attached hydrogens (tertiary/aromatic N) is 1. The van der Waals surface area contributed by atoms with Gasteiger partial charge in [0.2, 0.25) is 0 Å². The van der Waals surface area contributed by atoms with E-state index in [1.54, 1.807) is 6.92 Å². The fourth-order valence-corrected chi connectivity index (χ4v) is 4.12. The van der Waals surface area contributed by atoms with E-state index in [0.717, 1.165) is 49.3 Å². The summed E-state index contributed by atoms with van der Waals surface area (Å²) in [5.74, 6) is 0.177. The van der Waals surface area contributed by atoms with Gasteiger partial charge in [0.25, 0.3) is 0 Å². The molecule has 2 aliphatic rings. The lowest BCUT2D eigenvalue weighted by atomic mass is 10.1. The average molecular weight is 310 g/mol. The van der Waals surface area contributed by atoms with Crippen LogP contribution in [0.3, 0.4) is 0 Å². The van der Waals surface area contributed by atoms with Crippen molar-refractivity contribution in [3.05, 3.63) is 10.4 Å². The second-order valence-corrected chi connectivity index (χ2v) is 6.78. The number of carbonyl (C=O) groups excluding carboxylic acids is 1. The molecule has 1 saturated carbocycles. The van der Waals surface area contributed by atoms with Crippen molar-refractivity contribution in [1.29, 1.82) is 0 Å². The number of nitrogens with two attached hydrogens (primary N) is 1. The summed E-state index contributed by atoms with van der Waals surface area (Å²) in [7, 11) is 0. The number of hydrogen-bond donors (Lipinski definition) is 2. The molecule has 3 rings (SSSR count). The van der Waals surface area contributed by atoms with E-state index in [2.05, 4.69) is 4.90 Å². The van der Waals surface area contributed by atoms with Crippen LogP contribution in [0.15, 0.2) is 0 Å². The van der Waals surface area contributed by atoms with Gasteiger partial charge in [-0.3, -0.25) is 0 Å². The molecule has 2 fully saturated rings. The summed E-state index contributed by atoms with van der Waals surface area (Å²) in [6.45, 7) is 3.81. The number of nitrogen functional groups attached to an aromatic ring is 1. The van der Waals surface area contributed by atoms with Gasteiger partial charge in [-0.25, -0.2) is 4.79 Å². The van der Waals surface area contributed by atoms with Gasteiger partial charge in [0.15, 0.2) is 0 Å². The second kappa shape index (κ2) is 5.85. The van der Waals surface area contributed by atoms with Gasteiger partial charge in [0.05, 0.1) is 23.4 Å². The summed E-state index contributed by atoms with van der Waals surface area (Å²) in [6, 6.07) is 0. The SMILES string of the molecule is CCOC(=O)c1sc(N2CCC(O)CC2)c(C2CC2)c1N. The van der Waals surface area contributed by atoms with Crippen LogP contribution >= 0.6 is 11.3 Å². The molecule has 5 nitrogen and oxygen atoms in total. The van der Waals surface area contributed by atoms with Crippen molar-refractivity contribution in [2.24, 2.45) is 0 Å². The van der Waals surface area contributed by atoms with Gasteiger partial charge >= 0.3 is 5.97 Å². The molecular weight excluding hydrogens is 288 g/mol. The smallest absolute Gasteiger partial charge is 0.350 e. The topological polar surface area (TPSA) is 75.8 Å². The normalized spacial score (nSPS) is 19.8. The summed E-state index contributed by atoms with van der Waals surface area (Å²) >= 11 is 1.46. The van der Waals surface area contributed by atoms with Crippen LogP contribution in [0.5, 0.6) is 0 Å². The molecule has 0 aromatic carbocycles. The van der Waals surface area contributed by atoms with Gasteiger partial charge in [0, 0.05) is 18.7 Å². The van der Waals surface area contributed by atoms with Crippen LogP contribution < -0.4 is 10.6 Å². The van der Waals surface area contributed by atoms with Crippen LogP contribution in [0.2, 0.25) is 0 Å². The van der Waals surface area contributed by atoms with Gasteiger partial charge in [-0.2, -0.15) is 0 Å². The van der Waals surface area contributed by atoms with E-state index >= 15 is 0 Å². The number of carbonyl (C=O) groups is 1. The molecule has 2 heterocycles. The number of anilines is 2. The lowest BCUT2D eigenvalue weighted by molar-refractivity contribution is 0.0533. The van der Waals surface area contributed by atoms with Crippen molar-refractivity contribution in [3.63, 3.8) is 0 Å². The predicted molar refractivity (Wildman–Crippen MR) is 84.1 cm³/mol. The first-order valence-electron chi connectivity index (χ1n) is 7.64. The van der Waals surface area contributed by atoms with Crippen molar-refractivity contribution in [2.45, 2.75) is 44.6 Å². The minimum atomic E-state index is -0.315. The minimum Gasteiger partial charge on any atom is -0.462 e. The highest BCUT2D eigenvalue weighted by molar-refractivity contribution is 7.18. The van der Waals surface area contributed by atoms with Gasteiger partial charge in [-0.15, -0.1) is 11.3 Å². The Labute approximate surface area is 128 Å². The molecule has 0 spiro atoms. The molecule has 0 bridgehead atoms. The third kappa shape index (κ3) is 2.87. The van der Waals surface area contributed by atoms with Crippen molar-refractivity contribution < 1.29 is 14.6 Å². The minimum absolute atomic E-state index is 0.201. The summed E-state index contributed by atoms with van der Waals surface area (Å²) < 4.78 is 5.11. The third-order valence-electron chi connectivity index (χ3n) is 4.16. The monoisotopic (exact) mass is 310 g/mol. The van der Waals surface area contributed by atoms with Gasteiger partial charge in [-0.1, -0.05) is 0 Å². The Hall–Kier alpha value is -1.27. The highest BCUT2D eigenvalue weighted by atomic mass is 32.1. The highest BCUT2D eigenvalue weighted by Crippen LogP contribution is 2.52. The van der Waals surface area contributed by atoms with E-state index in [1.807, 2.05) is 0 Å². The molecule has 1 aromatic heterocycles. The number of hydrogen-bond acceptors (Lipinski definition) is 6. The van der Waals surface area contributed by atoms with Crippen molar-refractivity contribution in [1.82, 2.24) is 0 Å². The lowest BCUT2D eigenvalue weighted by Crippen LogP contribution is -2.35. The summed E-state index contributed by atoms with van der Waals surface area (Å²) in [4.78, 5) is 14.9. The first-order valence-corrected chi connectivity index (χ1v) is 8.45. The molecule has 6 heteroatoms. The fraction of sp³-hybridized carbons (Fsp3) is 0.667. The van der Waals surface area contributed by atoms with E-state index in [4.69, 9.17) is 10.5 Å². The van der Waals surface area contributed by atoms with E-state index in [1.165, 1.54) is 11.3 Å². The van der Waals surface area contributed by atoms with Crippen molar-refractivity contribution in [2.75, 3.05) is 30.3 Å². The molecule has 1 aliphatic heterocycles. The van der Waals surface area contributed by atoms with Crippen LogP contribution in [-0.4, -0.2) is 36.9 Å². The zero-order chi connectivity index (χ0) is 15.0. The molecule has 1 saturated heterocycles. The Morgan fingerprint density at radius 1 is 1.38 bits per heavy atom. The summed E-state index contributed by atoms with van der Waals surface area (Å²) in [5.41, 5.74) is 8.00. The molecule has 0 atom stereocenters. The standard InChI is InChI=1S/C15H22N2O3S/c1-2-20-15(19)13-12(16)11(9-3-4-9)14(21-13)17-7-5-10(18)6-8-17/h9-10,18H,2-8,16H2,1H3. The Bertz CT molecular complexity index is 531. The Kier molecular flexibility index (Phi) is 4.08. The first kappa shape index (κ1) is 14.7. The van der Waals surface area contributed by atoms with Crippen LogP contribution in [0.1, 0.15) is 53.8 Å². The predicted octanol–water partition coefficient (Wildman–Crippen LogP) is 2.35. The number of rotatable bonds is 4. The highest BCUT2D eigenvalue weighted by Gasteiger charge is 2.35. The number of ether oxygens (including phenoxy) is 1. The van der Waals surface area contributed by atoms with Gasteiger partial charge in [0.1, 0.15) is 4.88 Å². The Morgan fingerprint density at radius 3 is 2.62 bits per heavy atom. The number of aliphatic hydroxyl groups is 1. The number of aliphatic hydroxyl groups excluding tert-OH is 1. The molecule has 0 radical (unpaired) electrons. The zero-order valence-corrected chi connectivity index (χ0v) is 13.1. The molecular formula is C15H22N2O3S. The zero-order valence-electron chi connectivity index (χ0n) is 12.3. The maximum atomic E-state index is 12.1. The fourth-order valence-electron chi connectivity index (χ4n) is 2.86. The van der Waals surface area contributed by atoms with Crippen molar-refractivity contribution >= 4 is 28.0 Å². The maximum absolute atomic E-state index is 12.1. The number of thiophene rings is 1. The van der Waals surface area contributed by atoms with E-state index in [-0.39, 0.29) is 12.1 Å². The van der Waals surface area contributed by atoms with Crippen LogP contribution in [-0.2, 0) is 4.74 Å². The quantitative estimate of drug-likeness (QED) is 0.835. The maximum Gasteiger partial charge on any atom is 0.350 e. The molecule has 116 valence electrons. The molecule has 0 unspecified atom stereocenters. The summed E-state index contributed by atoms with van der Waals surface area (Å²) in [6.07, 6.45) is 3.64. The molecule has 3 N–H and O–H groups in total. The van der Waals surface area contributed by atoms with E-state index in [9.17, 15) is 9.90 Å². The van der Waals surface area contributed by atoms with E-state index in [0.29, 0.717) is 23.1 Å². The van der Waals surface area contributed by atoms with Crippen LogP contribution in [0.25, 0.3) is 0 Å².